The van der Waals surface area contributed by atoms with Gasteiger partial charge in [-0.05, 0) is 13.3 Å². The molecule has 0 amide bonds. The van der Waals surface area contributed by atoms with Crippen molar-refractivity contribution in [2.45, 2.75) is 19.4 Å². The Hall–Kier alpha value is -0.690. The lowest BCUT2D eigenvalue weighted by atomic mass is 10.2. The number of hydrogen-bond donors (Lipinski definition) is 1. The molecule has 18 heavy (non-hydrogen) atoms. The molecule has 1 unspecified atom stereocenters. The van der Waals surface area contributed by atoms with Crippen molar-refractivity contribution in [3.8, 4) is 0 Å². The van der Waals surface area contributed by atoms with E-state index in [9.17, 15) is 4.79 Å². The number of carbonyl (C=O) groups is 1. The molecule has 0 aromatic rings. The fourth-order valence-corrected chi connectivity index (χ4v) is 1.46. The van der Waals surface area contributed by atoms with Crippen LogP contribution < -0.4 is 5.73 Å². The van der Waals surface area contributed by atoms with E-state index in [0.717, 1.165) is 19.6 Å². The predicted octanol–water partition coefficient (Wildman–Crippen LogP) is -0.138. The van der Waals surface area contributed by atoms with Crippen molar-refractivity contribution in [2.75, 3.05) is 53.7 Å². The van der Waals surface area contributed by atoms with E-state index in [2.05, 4.69) is 4.90 Å². The number of carbonyl (C=O) groups excluding carboxylic acids is 1. The van der Waals surface area contributed by atoms with E-state index >= 15 is 0 Å². The minimum absolute atomic E-state index is 0.337. The third kappa shape index (κ3) is 8.41. The van der Waals surface area contributed by atoms with E-state index in [1.54, 1.807) is 21.1 Å². The first kappa shape index (κ1) is 17.3. The van der Waals surface area contributed by atoms with Crippen LogP contribution in [0.15, 0.2) is 0 Å². The maximum atomic E-state index is 11.4. The minimum atomic E-state index is -0.558. The van der Waals surface area contributed by atoms with Crippen molar-refractivity contribution in [3.05, 3.63) is 0 Å². The molecular formula is C12H26N2O4. The molecule has 0 radical (unpaired) electrons. The van der Waals surface area contributed by atoms with E-state index in [0.29, 0.717) is 26.2 Å². The Morgan fingerprint density at radius 2 is 1.72 bits per heavy atom. The summed E-state index contributed by atoms with van der Waals surface area (Å²) < 4.78 is 14.9. The highest BCUT2D eigenvalue weighted by Crippen LogP contribution is 1.98. The quantitative estimate of drug-likeness (QED) is 0.523. The fourth-order valence-electron chi connectivity index (χ4n) is 1.46. The first-order valence-corrected chi connectivity index (χ1v) is 6.28. The summed E-state index contributed by atoms with van der Waals surface area (Å²) in [5.74, 6) is -0.337. The van der Waals surface area contributed by atoms with Crippen molar-refractivity contribution in [3.63, 3.8) is 0 Å². The van der Waals surface area contributed by atoms with E-state index in [1.807, 2.05) is 0 Å². The summed E-state index contributed by atoms with van der Waals surface area (Å²) in [6, 6.07) is -0.558. The molecule has 108 valence electrons. The highest BCUT2D eigenvalue weighted by Gasteiger charge is 2.15. The molecule has 0 aromatic carbocycles. The van der Waals surface area contributed by atoms with Crippen molar-refractivity contribution >= 4 is 5.97 Å². The van der Waals surface area contributed by atoms with E-state index < -0.39 is 6.04 Å². The third-order valence-electron chi connectivity index (χ3n) is 2.57. The van der Waals surface area contributed by atoms with E-state index in [-0.39, 0.29) is 5.97 Å². The average molecular weight is 262 g/mol. The van der Waals surface area contributed by atoms with Gasteiger partial charge < -0.3 is 19.9 Å². The van der Waals surface area contributed by atoms with Crippen LogP contribution in [0.1, 0.15) is 13.3 Å². The van der Waals surface area contributed by atoms with Crippen LogP contribution in [-0.4, -0.2) is 70.6 Å². The second-order valence-electron chi connectivity index (χ2n) is 3.97. The molecule has 0 heterocycles. The van der Waals surface area contributed by atoms with Crippen molar-refractivity contribution < 1.29 is 19.0 Å². The summed E-state index contributed by atoms with van der Waals surface area (Å²) in [4.78, 5) is 13.5. The number of hydrogen-bond acceptors (Lipinski definition) is 6. The van der Waals surface area contributed by atoms with Crippen LogP contribution in [0.4, 0.5) is 0 Å². The van der Waals surface area contributed by atoms with Crippen LogP contribution in [0.5, 0.6) is 0 Å². The molecule has 0 spiro atoms. The summed E-state index contributed by atoms with van der Waals surface area (Å²) in [5, 5.41) is 0. The van der Waals surface area contributed by atoms with Crippen LogP contribution in [-0.2, 0) is 19.0 Å². The molecule has 0 bridgehead atoms. The zero-order valence-electron chi connectivity index (χ0n) is 11.7. The number of methoxy groups -OCH3 is 2. The molecule has 2 N–H and O–H groups in total. The van der Waals surface area contributed by atoms with Gasteiger partial charge in [-0.2, -0.15) is 0 Å². The van der Waals surface area contributed by atoms with Gasteiger partial charge in [0.05, 0.1) is 19.8 Å². The Balaban J connectivity index is 3.95. The number of nitrogens with zero attached hydrogens (tertiary/aromatic N) is 1. The Morgan fingerprint density at radius 3 is 2.17 bits per heavy atom. The van der Waals surface area contributed by atoms with Crippen molar-refractivity contribution in [2.24, 2.45) is 5.73 Å². The van der Waals surface area contributed by atoms with Gasteiger partial charge in [-0.15, -0.1) is 0 Å². The largest absolute Gasteiger partial charge is 0.465 e. The number of ether oxygens (including phenoxy) is 3. The predicted molar refractivity (Wildman–Crippen MR) is 69.4 cm³/mol. The van der Waals surface area contributed by atoms with Crippen LogP contribution in [0.25, 0.3) is 0 Å². The van der Waals surface area contributed by atoms with Gasteiger partial charge in [0.25, 0.3) is 0 Å². The molecule has 0 rings (SSSR count). The molecule has 0 aromatic heterocycles. The SMILES string of the molecule is CCOC(=O)C(N)CCN(CCOC)CCOC. The van der Waals surface area contributed by atoms with Crippen LogP contribution >= 0.6 is 0 Å². The fraction of sp³-hybridized carbons (Fsp3) is 0.917. The van der Waals surface area contributed by atoms with Gasteiger partial charge in [-0.3, -0.25) is 9.69 Å². The third-order valence-corrected chi connectivity index (χ3v) is 2.57. The molecule has 0 aliphatic heterocycles. The molecular weight excluding hydrogens is 236 g/mol. The standard InChI is InChI=1S/C12H26N2O4/c1-4-18-12(15)11(13)5-6-14(7-9-16-2)8-10-17-3/h11H,4-10,13H2,1-3H3. The Morgan fingerprint density at radius 1 is 1.17 bits per heavy atom. The summed E-state index contributed by atoms with van der Waals surface area (Å²) in [5.41, 5.74) is 5.75. The second kappa shape index (κ2) is 11.4. The molecule has 0 aliphatic rings. The average Bonchev–Trinajstić information content (AvgIpc) is 2.37. The summed E-state index contributed by atoms with van der Waals surface area (Å²) >= 11 is 0. The Kier molecular flexibility index (Phi) is 11.0. The zero-order chi connectivity index (χ0) is 13.8. The van der Waals surface area contributed by atoms with Gasteiger partial charge in [0, 0.05) is 33.9 Å². The summed E-state index contributed by atoms with van der Waals surface area (Å²) in [7, 11) is 3.33. The zero-order valence-corrected chi connectivity index (χ0v) is 11.7. The summed E-state index contributed by atoms with van der Waals surface area (Å²) in [6.45, 7) is 5.77. The summed E-state index contributed by atoms with van der Waals surface area (Å²) in [6.07, 6.45) is 0.576. The lowest BCUT2D eigenvalue weighted by Gasteiger charge is -2.22. The van der Waals surface area contributed by atoms with Crippen LogP contribution in [0, 0.1) is 0 Å². The topological polar surface area (TPSA) is 74.0 Å². The van der Waals surface area contributed by atoms with Gasteiger partial charge in [-0.25, -0.2) is 0 Å². The number of nitrogens with two attached hydrogens (primary N) is 1. The molecule has 0 saturated heterocycles. The molecule has 0 aliphatic carbocycles. The molecule has 0 fully saturated rings. The normalized spacial score (nSPS) is 12.7. The van der Waals surface area contributed by atoms with E-state index in [4.69, 9.17) is 19.9 Å². The number of rotatable bonds is 11. The van der Waals surface area contributed by atoms with Gasteiger partial charge >= 0.3 is 5.97 Å². The smallest absolute Gasteiger partial charge is 0.322 e. The monoisotopic (exact) mass is 262 g/mol. The first-order valence-electron chi connectivity index (χ1n) is 6.28. The van der Waals surface area contributed by atoms with Crippen molar-refractivity contribution in [1.29, 1.82) is 0 Å². The van der Waals surface area contributed by atoms with Crippen LogP contribution in [0.2, 0.25) is 0 Å². The molecule has 6 nitrogen and oxygen atoms in total. The van der Waals surface area contributed by atoms with Gasteiger partial charge in [0.1, 0.15) is 6.04 Å². The molecule has 0 saturated carbocycles. The second-order valence-corrected chi connectivity index (χ2v) is 3.97. The molecule has 1 atom stereocenters. The van der Waals surface area contributed by atoms with Gasteiger partial charge in [0.2, 0.25) is 0 Å². The van der Waals surface area contributed by atoms with Crippen LogP contribution in [0.3, 0.4) is 0 Å². The van der Waals surface area contributed by atoms with Gasteiger partial charge in [-0.1, -0.05) is 0 Å². The van der Waals surface area contributed by atoms with E-state index in [1.165, 1.54) is 0 Å². The lowest BCUT2D eigenvalue weighted by Crippen LogP contribution is -2.38. The van der Waals surface area contributed by atoms with Crippen molar-refractivity contribution in [1.82, 2.24) is 4.90 Å². The minimum Gasteiger partial charge on any atom is -0.465 e. The highest BCUT2D eigenvalue weighted by atomic mass is 16.5. The Bertz CT molecular complexity index is 206. The maximum Gasteiger partial charge on any atom is 0.322 e. The maximum absolute atomic E-state index is 11.4. The Labute approximate surface area is 109 Å². The first-order chi connectivity index (χ1) is 8.65. The lowest BCUT2D eigenvalue weighted by molar-refractivity contribution is -0.144. The molecule has 6 heteroatoms. The number of esters is 1. The van der Waals surface area contributed by atoms with Gasteiger partial charge in [0.15, 0.2) is 0 Å². The highest BCUT2D eigenvalue weighted by molar-refractivity contribution is 5.75.